The van der Waals surface area contributed by atoms with E-state index in [0.717, 1.165) is 63.6 Å². The van der Waals surface area contributed by atoms with Crippen molar-refractivity contribution < 1.29 is 9.90 Å². The predicted octanol–water partition coefficient (Wildman–Crippen LogP) is 5.05. The summed E-state index contributed by atoms with van der Waals surface area (Å²) < 4.78 is 0. The molecule has 1 saturated heterocycles. The average molecular weight is 412 g/mol. The van der Waals surface area contributed by atoms with Gasteiger partial charge in [0.15, 0.2) is 0 Å². The number of nitrogens with one attached hydrogen (secondary N) is 1. The summed E-state index contributed by atoms with van der Waals surface area (Å²) in [5.41, 5.74) is 0.127. The third-order valence-electron chi connectivity index (χ3n) is 10.6. The van der Waals surface area contributed by atoms with Crippen LogP contribution in [0.1, 0.15) is 78.1 Å². The summed E-state index contributed by atoms with van der Waals surface area (Å²) in [7, 11) is 0. The molecule has 5 fully saturated rings. The normalized spacial score (nSPS) is 49.7. The number of carbonyl (C=O) groups is 1. The molecular weight excluding hydrogens is 370 g/mol. The second-order valence-corrected chi connectivity index (χ2v) is 11.9. The molecule has 1 heterocycles. The minimum atomic E-state index is -0.744. The van der Waals surface area contributed by atoms with Crippen LogP contribution in [0.3, 0.4) is 0 Å². The lowest BCUT2D eigenvalue weighted by Gasteiger charge is -2.64. The fraction of sp³-hybridized carbons (Fsp3) is 0.815. The number of allylic oxidation sites excluding steroid dienone is 2. The third kappa shape index (κ3) is 2.94. The van der Waals surface area contributed by atoms with E-state index in [1.54, 1.807) is 0 Å². The van der Waals surface area contributed by atoms with Gasteiger partial charge in [0.2, 0.25) is 0 Å². The van der Waals surface area contributed by atoms with E-state index in [1.165, 1.54) is 19.3 Å². The standard InChI is InChI=1S/C27H41NO2/c1-18-16-21-22-6-7-24(29)25(22,2)12-9-23(21)26(3)13-8-20(17-27(18,26)30)5-4-19-10-14-28-15-11-19/h4-5,19-23,28,30H,1,6-17H2,2-3H3/t20?,21-,22-,23+,25-,26+,27?/m0/s1. The molecule has 3 nitrogen and oxygen atoms in total. The smallest absolute Gasteiger partial charge is 0.139 e. The highest BCUT2D eigenvalue weighted by molar-refractivity contribution is 5.87. The van der Waals surface area contributed by atoms with Crippen molar-refractivity contribution in [3.8, 4) is 0 Å². The lowest BCUT2D eigenvalue weighted by molar-refractivity contribution is -0.178. The molecule has 5 aliphatic rings. The van der Waals surface area contributed by atoms with Gasteiger partial charge in [0.25, 0.3) is 0 Å². The zero-order valence-electron chi connectivity index (χ0n) is 19.1. The average Bonchev–Trinajstić information content (AvgIpc) is 3.04. The summed E-state index contributed by atoms with van der Waals surface area (Å²) in [4.78, 5) is 12.7. The number of aliphatic hydroxyl groups is 1. The zero-order valence-corrected chi connectivity index (χ0v) is 19.1. The highest BCUT2D eigenvalue weighted by Crippen LogP contribution is 2.68. The lowest BCUT2D eigenvalue weighted by atomic mass is 9.42. The van der Waals surface area contributed by atoms with Gasteiger partial charge < -0.3 is 10.4 Å². The van der Waals surface area contributed by atoms with Gasteiger partial charge in [-0.2, -0.15) is 0 Å². The van der Waals surface area contributed by atoms with E-state index in [1.807, 2.05) is 0 Å². The number of fused-ring (bicyclic) bond motifs is 5. The summed E-state index contributed by atoms with van der Waals surface area (Å²) in [6, 6.07) is 0. The molecule has 7 atom stereocenters. The largest absolute Gasteiger partial charge is 0.385 e. The van der Waals surface area contributed by atoms with E-state index in [9.17, 15) is 9.90 Å². The molecular formula is C27H41NO2. The van der Waals surface area contributed by atoms with Gasteiger partial charge in [-0.1, -0.05) is 32.6 Å². The maximum Gasteiger partial charge on any atom is 0.139 e. The van der Waals surface area contributed by atoms with Gasteiger partial charge in [-0.05, 0) is 106 Å². The Kier molecular flexibility index (Phi) is 5.10. The Morgan fingerprint density at radius 2 is 1.73 bits per heavy atom. The third-order valence-corrected chi connectivity index (χ3v) is 10.6. The van der Waals surface area contributed by atoms with Crippen LogP contribution < -0.4 is 5.32 Å². The predicted molar refractivity (Wildman–Crippen MR) is 121 cm³/mol. The molecule has 0 aromatic heterocycles. The topological polar surface area (TPSA) is 49.3 Å². The molecule has 0 radical (unpaired) electrons. The number of piperidine rings is 1. The highest BCUT2D eigenvalue weighted by atomic mass is 16.3. The Labute approximate surface area is 182 Å². The van der Waals surface area contributed by atoms with Crippen LogP contribution in [0.4, 0.5) is 0 Å². The van der Waals surface area contributed by atoms with E-state index >= 15 is 0 Å². The van der Waals surface area contributed by atoms with Crippen molar-refractivity contribution in [3.63, 3.8) is 0 Å². The van der Waals surface area contributed by atoms with Crippen LogP contribution in [0.25, 0.3) is 0 Å². The van der Waals surface area contributed by atoms with Crippen LogP contribution in [0, 0.1) is 40.4 Å². The van der Waals surface area contributed by atoms with Gasteiger partial charge in [-0.3, -0.25) is 4.79 Å². The Morgan fingerprint density at radius 1 is 1.00 bits per heavy atom. The minimum absolute atomic E-state index is 0.0843. The van der Waals surface area contributed by atoms with E-state index in [4.69, 9.17) is 0 Å². The van der Waals surface area contributed by atoms with Gasteiger partial charge in [0.05, 0.1) is 5.60 Å². The number of rotatable bonds is 2. The van der Waals surface area contributed by atoms with E-state index in [2.05, 4.69) is 37.9 Å². The summed E-state index contributed by atoms with van der Waals surface area (Å²) in [6.07, 6.45) is 15.3. The van der Waals surface area contributed by atoms with Gasteiger partial charge in [0.1, 0.15) is 5.78 Å². The summed E-state index contributed by atoms with van der Waals surface area (Å²) in [5, 5.41) is 15.6. The van der Waals surface area contributed by atoms with Gasteiger partial charge >= 0.3 is 0 Å². The van der Waals surface area contributed by atoms with Crippen LogP contribution in [-0.4, -0.2) is 29.6 Å². The highest BCUT2D eigenvalue weighted by Gasteiger charge is 2.65. The Bertz CT molecular complexity index is 752. The lowest BCUT2D eigenvalue weighted by Crippen LogP contribution is -2.63. The Morgan fingerprint density at radius 3 is 2.50 bits per heavy atom. The molecule has 0 bridgehead atoms. The first-order chi connectivity index (χ1) is 14.3. The summed E-state index contributed by atoms with van der Waals surface area (Å²) in [5.74, 6) is 3.23. The van der Waals surface area contributed by atoms with Crippen molar-refractivity contribution in [1.29, 1.82) is 0 Å². The van der Waals surface area contributed by atoms with Crippen molar-refractivity contribution in [2.24, 2.45) is 40.4 Å². The first-order valence-electron chi connectivity index (χ1n) is 12.6. The number of Topliss-reactive ketones (excluding diaryl/α,β-unsaturated/α-hetero) is 1. The molecule has 0 aromatic carbocycles. The SMILES string of the molecule is C=C1C[C@@H]2[C@@H](CC[C@]3(C)C(=O)CC[C@@H]23)[C@@]2(C)CCC(C=CC3CCNCC3)CC12O. The molecule has 2 unspecified atom stereocenters. The minimum Gasteiger partial charge on any atom is -0.385 e. The maximum atomic E-state index is 12.7. The first kappa shape index (κ1) is 20.9. The second-order valence-electron chi connectivity index (χ2n) is 11.9. The van der Waals surface area contributed by atoms with E-state index < -0.39 is 5.60 Å². The molecule has 4 aliphatic carbocycles. The van der Waals surface area contributed by atoms with Crippen molar-refractivity contribution in [2.45, 2.75) is 83.7 Å². The fourth-order valence-corrected chi connectivity index (χ4v) is 8.55. The van der Waals surface area contributed by atoms with Crippen LogP contribution in [0.15, 0.2) is 24.3 Å². The van der Waals surface area contributed by atoms with Crippen molar-refractivity contribution >= 4 is 5.78 Å². The number of ketones is 1. The maximum absolute atomic E-state index is 12.7. The van der Waals surface area contributed by atoms with Gasteiger partial charge in [0, 0.05) is 17.3 Å². The van der Waals surface area contributed by atoms with E-state index in [-0.39, 0.29) is 10.8 Å². The molecule has 1 aliphatic heterocycles. The zero-order chi connectivity index (χ0) is 21.1. The fourth-order valence-electron chi connectivity index (χ4n) is 8.55. The van der Waals surface area contributed by atoms with Crippen LogP contribution >= 0.6 is 0 Å². The van der Waals surface area contributed by atoms with Crippen LogP contribution in [-0.2, 0) is 4.79 Å². The molecule has 166 valence electrons. The second kappa shape index (κ2) is 7.30. The molecule has 0 spiro atoms. The van der Waals surface area contributed by atoms with Crippen molar-refractivity contribution in [1.82, 2.24) is 5.32 Å². The molecule has 0 amide bonds. The van der Waals surface area contributed by atoms with E-state index in [0.29, 0.717) is 35.4 Å². The summed E-state index contributed by atoms with van der Waals surface area (Å²) >= 11 is 0. The number of hydrogen-bond donors (Lipinski definition) is 2. The van der Waals surface area contributed by atoms with Crippen molar-refractivity contribution in [2.75, 3.05) is 13.1 Å². The van der Waals surface area contributed by atoms with Gasteiger partial charge in [-0.15, -0.1) is 0 Å². The molecule has 3 heteroatoms. The Hall–Kier alpha value is -0.930. The number of carbonyl (C=O) groups excluding carboxylic acids is 1. The summed E-state index contributed by atoms with van der Waals surface area (Å²) in [6.45, 7) is 11.3. The first-order valence-corrected chi connectivity index (χ1v) is 12.6. The molecule has 2 N–H and O–H groups in total. The monoisotopic (exact) mass is 411 g/mol. The van der Waals surface area contributed by atoms with Crippen LogP contribution in [0.5, 0.6) is 0 Å². The van der Waals surface area contributed by atoms with Gasteiger partial charge in [-0.25, -0.2) is 0 Å². The number of hydrogen-bond acceptors (Lipinski definition) is 3. The molecule has 30 heavy (non-hydrogen) atoms. The molecule has 4 saturated carbocycles. The van der Waals surface area contributed by atoms with Crippen molar-refractivity contribution in [3.05, 3.63) is 24.3 Å². The Balaban J connectivity index is 1.37. The molecule has 0 aromatic rings. The molecule has 5 rings (SSSR count). The quantitative estimate of drug-likeness (QED) is 0.625. The van der Waals surface area contributed by atoms with Crippen LogP contribution in [0.2, 0.25) is 0 Å².